The summed E-state index contributed by atoms with van der Waals surface area (Å²) in [6.45, 7) is 1.51. The normalized spacial score (nSPS) is 10.2. The van der Waals surface area contributed by atoms with Gasteiger partial charge >= 0.3 is 0 Å². The molecule has 2 rings (SSSR count). The van der Waals surface area contributed by atoms with Crippen LogP contribution in [0.4, 0.5) is 5.69 Å². The minimum absolute atomic E-state index is 0.0120. The first-order valence-electron chi connectivity index (χ1n) is 7.76. The Bertz CT molecular complexity index is 698. The van der Waals surface area contributed by atoms with Crippen molar-refractivity contribution >= 4 is 29.1 Å². The van der Waals surface area contributed by atoms with Crippen molar-refractivity contribution in [2.45, 2.75) is 24.7 Å². The van der Waals surface area contributed by atoms with Crippen LogP contribution in [0.3, 0.4) is 0 Å². The molecule has 126 valence electrons. The highest BCUT2D eigenvalue weighted by Crippen LogP contribution is 2.22. The molecule has 0 fully saturated rings. The smallest absolute Gasteiger partial charge is 0.224 e. The second-order valence-corrected chi connectivity index (χ2v) is 6.48. The molecule has 0 unspecified atom stereocenters. The van der Waals surface area contributed by atoms with E-state index in [0.717, 1.165) is 22.8 Å². The minimum atomic E-state index is -0.0361. The lowest BCUT2D eigenvalue weighted by Gasteiger charge is -2.07. The summed E-state index contributed by atoms with van der Waals surface area (Å²) in [5.41, 5.74) is 1.26. The van der Waals surface area contributed by atoms with Crippen molar-refractivity contribution in [3.05, 3.63) is 54.1 Å². The fourth-order valence-corrected chi connectivity index (χ4v) is 2.99. The third kappa shape index (κ3) is 5.74. The molecule has 4 nitrogen and oxygen atoms in total. The Kier molecular flexibility index (Phi) is 6.88. The zero-order valence-corrected chi connectivity index (χ0v) is 14.7. The first-order valence-corrected chi connectivity index (χ1v) is 8.75. The Balaban J connectivity index is 1.73. The standard InChI is InChI=1S/C19H21NO3S/c1-14(21)15-5-3-6-16(13-15)20-19(22)7-4-12-24-18-10-8-17(23-2)9-11-18/h3,5-6,8-11,13H,4,7,12H2,1-2H3,(H,20,22). The summed E-state index contributed by atoms with van der Waals surface area (Å²) in [4.78, 5) is 24.5. The summed E-state index contributed by atoms with van der Waals surface area (Å²) < 4.78 is 5.12. The van der Waals surface area contributed by atoms with E-state index in [1.54, 1.807) is 43.1 Å². The number of methoxy groups -OCH3 is 1. The molecule has 0 aromatic heterocycles. The largest absolute Gasteiger partial charge is 0.497 e. The Hall–Kier alpha value is -2.27. The zero-order chi connectivity index (χ0) is 17.4. The van der Waals surface area contributed by atoms with Gasteiger partial charge in [-0.1, -0.05) is 12.1 Å². The summed E-state index contributed by atoms with van der Waals surface area (Å²) in [6.07, 6.45) is 1.24. The van der Waals surface area contributed by atoms with Crippen molar-refractivity contribution < 1.29 is 14.3 Å². The van der Waals surface area contributed by atoms with E-state index in [1.807, 2.05) is 24.3 Å². The zero-order valence-electron chi connectivity index (χ0n) is 13.9. The average Bonchev–Trinajstić information content (AvgIpc) is 2.59. The van der Waals surface area contributed by atoms with Crippen LogP contribution in [0.2, 0.25) is 0 Å². The maximum Gasteiger partial charge on any atom is 0.224 e. The minimum Gasteiger partial charge on any atom is -0.497 e. The van der Waals surface area contributed by atoms with E-state index in [2.05, 4.69) is 5.32 Å². The quantitative estimate of drug-likeness (QED) is 0.438. The van der Waals surface area contributed by atoms with Crippen LogP contribution in [0.5, 0.6) is 5.75 Å². The number of anilines is 1. The molecule has 0 aliphatic carbocycles. The lowest BCUT2D eigenvalue weighted by Crippen LogP contribution is -2.11. The summed E-state index contributed by atoms with van der Waals surface area (Å²) in [6, 6.07) is 14.9. The number of amides is 1. The van der Waals surface area contributed by atoms with Gasteiger partial charge in [-0.2, -0.15) is 0 Å². The van der Waals surface area contributed by atoms with Crippen molar-refractivity contribution in [2.24, 2.45) is 0 Å². The number of hydrogen-bond donors (Lipinski definition) is 1. The van der Waals surface area contributed by atoms with Gasteiger partial charge in [0.1, 0.15) is 5.75 Å². The fourth-order valence-electron chi connectivity index (χ4n) is 2.13. The van der Waals surface area contributed by atoms with E-state index in [9.17, 15) is 9.59 Å². The van der Waals surface area contributed by atoms with Gasteiger partial charge in [-0.05, 0) is 55.5 Å². The lowest BCUT2D eigenvalue weighted by molar-refractivity contribution is -0.116. The Morgan fingerprint density at radius 3 is 2.54 bits per heavy atom. The Morgan fingerprint density at radius 2 is 1.88 bits per heavy atom. The number of ether oxygens (including phenoxy) is 1. The lowest BCUT2D eigenvalue weighted by atomic mass is 10.1. The number of benzene rings is 2. The molecule has 2 aromatic rings. The SMILES string of the molecule is COc1ccc(SCCCC(=O)Nc2cccc(C(C)=O)c2)cc1. The van der Waals surface area contributed by atoms with Crippen LogP contribution < -0.4 is 10.1 Å². The molecule has 0 saturated carbocycles. The molecule has 1 amide bonds. The molecule has 0 atom stereocenters. The molecule has 0 aliphatic rings. The molecule has 0 saturated heterocycles. The first kappa shape index (κ1) is 18.1. The van der Waals surface area contributed by atoms with Crippen LogP contribution in [-0.4, -0.2) is 24.6 Å². The molecular weight excluding hydrogens is 322 g/mol. The van der Waals surface area contributed by atoms with Crippen molar-refractivity contribution in [2.75, 3.05) is 18.2 Å². The predicted molar refractivity (Wildman–Crippen MR) is 98.0 cm³/mol. The van der Waals surface area contributed by atoms with Crippen LogP contribution in [0, 0.1) is 0 Å². The van der Waals surface area contributed by atoms with Gasteiger partial charge in [0.2, 0.25) is 5.91 Å². The predicted octanol–water partition coefficient (Wildman–Crippen LogP) is 4.41. The van der Waals surface area contributed by atoms with Gasteiger partial charge < -0.3 is 10.1 Å². The molecule has 0 aliphatic heterocycles. The van der Waals surface area contributed by atoms with E-state index >= 15 is 0 Å². The molecule has 0 heterocycles. The maximum atomic E-state index is 12.0. The van der Waals surface area contributed by atoms with Crippen molar-refractivity contribution in [3.63, 3.8) is 0 Å². The fraction of sp³-hybridized carbons (Fsp3) is 0.263. The van der Waals surface area contributed by atoms with E-state index in [-0.39, 0.29) is 11.7 Å². The molecule has 5 heteroatoms. The number of hydrogen-bond acceptors (Lipinski definition) is 4. The van der Waals surface area contributed by atoms with Gasteiger partial charge in [-0.25, -0.2) is 0 Å². The van der Waals surface area contributed by atoms with Gasteiger partial charge in [0, 0.05) is 22.6 Å². The van der Waals surface area contributed by atoms with Crippen molar-refractivity contribution in [3.8, 4) is 5.75 Å². The van der Waals surface area contributed by atoms with Gasteiger partial charge in [-0.3, -0.25) is 9.59 Å². The van der Waals surface area contributed by atoms with E-state index in [4.69, 9.17) is 4.74 Å². The monoisotopic (exact) mass is 343 g/mol. The van der Waals surface area contributed by atoms with Crippen LogP contribution in [0.15, 0.2) is 53.4 Å². The number of carbonyl (C=O) groups is 2. The topological polar surface area (TPSA) is 55.4 Å². The highest BCUT2D eigenvalue weighted by molar-refractivity contribution is 7.99. The van der Waals surface area contributed by atoms with Gasteiger partial charge in [-0.15, -0.1) is 11.8 Å². The molecule has 0 spiro atoms. The summed E-state index contributed by atoms with van der Waals surface area (Å²) in [7, 11) is 1.65. The second kappa shape index (κ2) is 9.13. The third-order valence-electron chi connectivity index (χ3n) is 3.43. The maximum absolute atomic E-state index is 12.0. The highest BCUT2D eigenvalue weighted by Gasteiger charge is 2.05. The Labute approximate surface area is 146 Å². The number of thioether (sulfide) groups is 1. The first-order chi connectivity index (χ1) is 11.6. The van der Waals surface area contributed by atoms with Crippen molar-refractivity contribution in [1.29, 1.82) is 0 Å². The second-order valence-electron chi connectivity index (χ2n) is 5.31. The summed E-state index contributed by atoms with van der Waals surface area (Å²) >= 11 is 1.71. The van der Waals surface area contributed by atoms with Crippen LogP contribution >= 0.6 is 11.8 Å². The number of carbonyl (C=O) groups excluding carboxylic acids is 2. The van der Waals surface area contributed by atoms with Gasteiger partial charge in [0.05, 0.1) is 7.11 Å². The molecule has 1 N–H and O–H groups in total. The number of ketones is 1. The molecule has 24 heavy (non-hydrogen) atoms. The highest BCUT2D eigenvalue weighted by atomic mass is 32.2. The van der Waals surface area contributed by atoms with Crippen LogP contribution in [0.25, 0.3) is 0 Å². The molecule has 0 bridgehead atoms. The van der Waals surface area contributed by atoms with E-state index in [0.29, 0.717) is 17.7 Å². The molecular formula is C19H21NO3S. The summed E-state index contributed by atoms with van der Waals surface area (Å²) in [5.74, 6) is 1.66. The van der Waals surface area contributed by atoms with Gasteiger partial charge in [0.25, 0.3) is 0 Å². The Morgan fingerprint density at radius 1 is 1.12 bits per heavy atom. The number of rotatable bonds is 8. The number of nitrogens with one attached hydrogen (secondary N) is 1. The number of Topliss-reactive ketones (excluding diaryl/α,β-unsaturated/α-hetero) is 1. The van der Waals surface area contributed by atoms with E-state index in [1.165, 1.54) is 6.92 Å². The van der Waals surface area contributed by atoms with E-state index < -0.39 is 0 Å². The van der Waals surface area contributed by atoms with Crippen molar-refractivity contribution in [1.82, 2.24) is 0 Å². The van der Waals surface area contributed by atoms with Crippen LogP contribution in [0.1, 0.15) is 30.1 Å². The third-order valence-corrected chi connectivity index (χ3v) is 4.53. The van der Waals surface area contributed by atoms with Gasteiger partial charge in [0.15, 0.2) is 5.78 Å². The average molecular weight is 343 g/mol. The summed E-state index contributed by atoms with van der Waals surface area (Å²) in [5, 5.41) is 2.83. The van der Waals surface area contributed by atoms with Crippen LogP contribution in [-0.2, 0) is 4.79 Å². The molecule has 0 radical (unpaired) electrons. The molecule has 2 aromatic carbocycles.